The second-order valence-corrected chi connectivity index (χ2v) is 12.6. The summed E-state index contributed by atoms with van der Waals surface area (Å²) in [7, 11) is -3.56. The Kier molecular flexibility index (Phi) is 11.3. The first-order valence-electron chi connectivity index (χ1n) is 13.2. The van der Waals surface area contributed by atoms with Gasteiger partial charge in [-0.3, -0.25) is 13.9 Å². The number of benzene rings is 2. The van der Waals surface area contributed by atoms with Crippen molar-refractivity contribution in [2.75, 3.05) is 17.1 Å². The Morgan fingerprint density at radius 1 is 0.974 bits per heavy atom. The quantitative estimate of drug-likeness (QED) is 0.343. The van der Waals surface area contributed by atoms with Crippen LogP contribution in [0, 0.1) is 0 Å². The van der Waals surface area contributed by atoms with Crippen molar-refractivity contribution < 1.29 is 18.0 Å². The van der Waals surface area contributed by atoms with Gasteiger partial charge >= 0.3 is 0 Å². The first-order valence-corrected chi connectivity index (χ1v) is 15.8. The summed E-state index contributed by atoms with van der Waals surface area (Å²) in [5.41, 5.74) is 1.35. The summed E-state index contributed by atoms with van der Waals surface area (Å²) >= 11 is 12.0. The maximum absolute atomic E-state index is 13.6. The third-order valence-corrected chi connectivity index (χ3v) is 8.57. The topological polar surface area (TPSA) is 86.8 Å². The molecule has 0 radical (unpaired) electrons. The molecule has 0 aromatic heterocycles. The van der Waals surface area contributed by atoms with Crippen molar-refractivity contribution >= 4 is 50.7 Å². The molecule has 0 aliphatic heterocycles. The monoisotopic (exact) mass is 581 g/mol. The van der Waals surface area contributed by atoms with Gasteiger partial charge in [-0.15, -0.1) is 0 Å². The van der Waals surface area contributed by atoms with Crippen molar-refractivity contribution in [1.82, 2.24) is 10.2 Å². The number of sulfonamides is 1. The maximum Gasteiger partial charge on any atom is 0.243 e. The van der Waals surface area contributed by atoms with Crippen LogP contribution in [0.2, 0.25) is 10.0 Å². The lowest BCUT2D eigenvalue weighted by atomic mass is 9.95. The van der Waals surface area contributed by atoms with E-state index in [0.29, 0.717) is 28.6 Å². The molecule has 208 valence electrons. The van der Waals surface area contributed by atoms with Gasteiger partial charge in [0.15, 0.2) is 0 Å². The van der Waals surface area contributed by atoms with Crippen molar-refractivity contribution in [2.24, 2.45) is 0 Å². The summed E-state index contributed by atoms with van der Waals surface area (Å²) in [5.74, 6) is -0.337. The highest BCUT2D eigenvalue weighted by Gasteiger charge is 2.30. The van der Waals surface area contributed by atoms with Crippen molar-refractivity contribution in [2.45, 2.75) is 76.9 Å². The minimum absolute atomic E-state index is 0.0976. The predicted octanol–water partition coefficient (Wildman–Crippen LogP) is 5.80. The largest absolute Gasteiger partial charge is 0.352 e. The van der Waals surface area contributed by atoms with Crippen LogP contribution in [0.3, 0.4) is 0 Å². The van der Waals surface area contributed by atoms with Crippen molar-refractivity contribution in [3.05, 3.63) is 64.1 Å². The third-order valence-electron chi connectivity index (χ3n) is 6.87. The summed E-state index contributed by atoms with van der Waals surface area (Å²) in [6.45, 7) is 2.30. The van der Waals surface area contributed by atoms with Crippen molar-refractivity contribution in [3.8, 4) is 0 Å². The Morgan fingerprint density at radius 3 is 2.11 bits per heavy atom. The summed E-state index contributed by atoms with van der Waals surface area (Å²) in [5, 5.41) is 4.27. The lowest BCUT2D eigenvalue weighted by Gasteiger charge is -2.33. The minimum Gasteiger partial charge on any atom is -0.352 e. The fraction of sp³-hybridized carbons (Fsp3) is 0.500. The van der Waals surface area contributed by atoms with Crippen molar-refractivity contribution in [1.29, 1.82) is 0 Å². The highest BCUT2D eigenvalue weighted by molar-refractivity contribution is 7.92. The number of anilines is 1. The molecule has 2 aromatic carbocycles. The molecular formula is C28H37Cl2N3O4S. The number of hydrogen-bond acceptors (Lipinski definition) is 4. The van der Waals surface area contributed by atoms with Crippen LogP contribution >= 0.6 is 23.2 Å². The molecule has 0 bridgehead atoms. The molecule has 38 heavy (non-hydrogen) atoms. The van der Waals surface area contributed by atoms with Gasteiger partial charge in [0.1, 0.15) is 6.04 Å². The van der Waals surface area contributed by atoms with Crippen LogP contribution in [0.1, 0.15) is 63.9 Å². The van der Waals surface area contributed by atoms with Crippen LogP contribution in [0.5, 0.6) is 0 Å². The van der Waals surface area contributed by atoms with Gasteiger partial charge in [0.25, 0.3) is 0 Å². The lowest BCUT2D eigenvalue weighted by molar-refractivity contribution is -0.141. The van der Waals surface area contributed by atoms with E-state index in [1.807, 2.05) is 19.1 Å². The van der Waals surface area contributed by atoms with E-state index in [-0.39, 0.29) is 37.4 Å². The number of amides is 2. The van der Waals surface area contributed by atoms with Crippen LogP contribution in [-0.4, -0.2) is 50.0 Å². The van der Waals surface area contributed by atoms with E-state index in [0.717, 1.165) is 37.5 Å². The Hall–Kier alpha value is -2.29. The zero-order chi connectivity index (χ0) is 27.7. The molecule has 0 heterocycles. The maximum atomic E-state index is 13.6. The standard InChI is InChI=1S/C28H37Cl2N3O4S/c1-3-26(28(35)31-24-8-5-4-6-9-24)32(20-21-11-13-22(29)14-12-21)27(34)10-7-19-33(38(2,36)37)25-17-15-23(30)16-18-25/h11-18,24,26H,3-10,19-20H2,1-2H3,(H,31,35). The first kappa shape index (κ1) is 30.3. The molecule has 2 aromatic rings. The van der Waals surface area contributed by atoms with Crippen LogP contribution in [0.4, 0.5) is 5.69 Å². The van der Waals surface area contributed by atoms with Crippen LogP contribution < -0.4 is 9.62 Å². The van der Waals surface area contributed by atoms with Crippen LogP contribution in [-0.2, 0) is 26.2 Å². The normalized spacial score (nSPS) is 15.1. The number of nitrogens with one attached hydrogen (secondary N) is 1. The number of hydrogen-bond donors (Lipinski definition) is 1. The van der Waals surface area contributed by atoms with Gasteiger partial charge in [-0.05, 0) is 67.6 Å². The Bertz CT molecular complexity index is 1170. The number of nitrogens with zero attached hydrogens (tertiary/aromatic N) is 2. The van der Waals surface area contributed by atoms with Crippen LogP contribution in [0.15, 0.2) is 48.5 Å². The van der Waals surface area contributed by atoms with Gasteiger partial charge in [-0.1, -0.05) is 61.5 Å². The van der Waals surface area contributed by atoms with Gasteiger partial charge in [0, 0.05) is 35.6 Å². The molecular weight excluding hydrogens is 545 g/mol. The molecule has 1 atom stereocenters. The number of carbonyl (C=O) groups is 2. The predicted molar refractivity (Wildman–Crippen MR) is 154 cm³/mol. The fourth-order valence-corrected chi connectivity index (χ4v) is 6.08. The molecule has 1 fully saturated rings. The van der Waals surface area contributed by atoms with E-state index >= 15 is 0 Å². The highest BCUT2D eigenvalue weighted by Crippen LogP contribution is 2.23. The molecule has 1 unspecified atom stereocenters. The van der Waals surface area contributed by atoms with Crippen molar-refractivity contribution in [3.63, 3.8) is 0 Å². The molecule has 1 aliphatic rings. The zero-order valence-corrected chi connectivity index (χ0v) is 24.4. The van der Waals surface area contributed by atoms with Gasteiger partial charge in [-0.25, -0.2) is 8.42 Å². The Labute approximate surface area is 236 Å². The zero-order valence-electron chi connectivity index (χ0n) is 22.0. The summed E-state index contributed by atoms with van der Waals surface area (Å²) in [6, 6.07) is 13.3. The Morgan fingerprint density at radius 2 is 1.55 bits per heavy atom. The van der Waals surface area contributed by atoms with Gasteiger partial charge in [0.05, 0.1) is 11.9 Å². The van der Waals surface area contributed by atoms with E-state index in [9.17, 15) is 18.0 Å². The summed E-state index contributed by atoms with van der Waals surface area (Å²) in [4.78, 5) is 28.5. The summed E-state index contributed by atoms with van der Waals surface area (Å²) < 4.78 is 26.2. The van der Waals surface area contributed by atoms with Crippen LogP contribution in [0.25, 0.3) is 0 Å². The molecule has 0 spiro atoms. The number of carbonyl (C=O) groups excluding carboxylic acids is 2. The number of rotatable bonds is 12. The van der Waals surface area contributed by atoms with Gasteiger partial charge in [-0.2, -0.15) is 0 Å². The van der Waals surface area contributed by atoms with Gasteiger partial charge in [0.2, 0.25) is 21.8 Å². The molecule has 1 saturated carbocycles. The minimum atomic E-state index is -3.56. The average molecular weight is 583 g/mol. The third kappa shape index (κ3) is 8.89. The molecule has 0 saturated heterocycles. The molecule has 2 amide bonds. The second kappa shape index (κ2) is 14.2. The fourth-order valence-electron chi connectivity index (χ4n) is 4.86. The Balaban J connectivity index is 1.74. The van der Waals surface area contributed by atoms with Gasteiger partial charge < -0.3 is 10.2 Å². The summed E-state index contributed by atoms with van der Waals surface area (Å²) in [6.07, 6.45) is 7.30. The van der Waals surface area contributed by atoms with E-state index in [1.54, 1.807) is 41.3 Å². The smallest absolute Gasteiger partial charge is 0.243 e. The van der Waals surface area contributed by atoms with E-state index in [2.05, 4.69) is 5.32 Å². The number of halogens is 2. The molecule has 7 nitrogen and oxygen atoms in total. The lowest BCUT2D eigenvalue weighted by Crippen LogP contribution is -2.51. The second-order valence-electron chi connectivity index (χ2n) is 9.83. The molecule has 1 N–H and O–H groups in total. The molecule has 1 aliphatic carbocycles. The first-order chi connectivity index (χ1) is 18.1. The van der Waals surface area contributed by atoms with E-state index in [1.165, 1.54) is 10.7 Å². The van der Waals surface area contributed by atoms with E-state index in [4.69, 9.17) is 23.2 Å². The average Bonchev–Trinajstić information content (AvgIpc) is 2.88. The highest BCUT2D eigenvalue weighted by atomic mass is 35.5. The molecule has 10 heteroatoms. The SMILES string of the molecule is CCC(C(=O)NC1CCCCC1)N(Cc1ccc(Cl)cc1)C(=O)CCCN(c1ccc(Cl)cc1)S(C)(=O)=O. The molecule has 3 rings (SSSR count). The van der Waals surface area contributed by atoms with E-state index < -0.39 is 16.1 Å².